The minimum atomic E-state index is -1.37. The van der Waals surface area contributed by atoms with Crippen LogP contribution in [0, 0.1) is 0 Å². The topological polar surface area (TPSA) is 125 Å². The maximum absolute atomic E-state index is 12.7. The summed E-state index contributed by atoms with van der Waals surface area (Å²) in [7, 11) is 0. The molecule has 0 aliphatic heterocycles. The second-order valence-electron chi connectivity index (χ2n) is 8.61. The first-order valence-corrected chi connectivity index (χ1v) is 10.2. The fraction of sp³-hybridized carbons (Fsp3) is 0.591. The molecule has 0 aliphatic rings. The van der Waals surface area contributed by atoms with Gasteiger partial charge in [-0.2, -0.15) is 0 Å². The number of nitrogens with one attached hydrogen (secondary N) is 1. The second-order valence-corrected chi connectivity index (χ2v) is 8.61. The Kier molecular flexibility index (Phi) is 9.93. The van der Waals surface area contributed by atoms with Crippen molar-refractivity contribution in [2.75, 3.05) is 13.2 Å². The maximum Gasteiger partial charge on any atom is 0.417 e. The zero-order valence-electron chi connectivity index (χ0n) is 19.0. The first kappa shape index (κ1) is 26.4. The van der Waals surface area contributed by atoms with Gasteiger partial charge in [0.25, 0.3) is 0 Å². The zero-order valence-corrected chi connectivity index (χ0v) is 19.0. The average Bonchev–Trinajstić information content (AvgIpc) is 2.64. The van der Waals surface area contributed by atoms with Gasteiger partial charge in [-0.25, -0.2) is 14.5 Å². The van der Waals surface area contributed by atoms with Crippen molar-refractivity contribution >= 4 is 18.0 Å². The largest absolute Gasteiger partial charge is 0.491 e. The fourth-order valence-electron chi connectivity index (χ4n) is 2.48. The van der Waals surface area contributed by atoms with Crippen LogP contribution >= 0.6 is 0 Å². The molecule has 9 heteroatoms. The number of aliphatic carboxylic acids is 1. The number of imide groups is 1. The molecule has 3 N–H and O–H groups in total. The highest BCUT2D eigenvalue weighted by Crippen LogP contribution is 2.17. The van der Waals surface area contributed by atoms with Crippen molar-refractivity contribution in [3.63, 3.8) is 0 Å². The highest BCUT2D eigenvalue weighted by atomic mass is 16.6. The average molecular weight is 439 g/mol. The minimum absolute atomic E-state index is 0.112. The Bertz CT molecular complexity index is 741. The zero-order chi connectivity index (χ0) is 23.8. The van der Waals surface area contributed by atoms with Gasteiger partial charge in [0.15, 0.2) is 0 Å². The molecule has 0 saturated carbocycles. The van der Waals surface area contributed by atoms with Crippen molar-refractivity contribution in [2.24, 2.45) is 0 Å². The van der Waals surface area contributed by atoms with E-state index in [1.807, 2.05) is 13.8 Å². The van der Waals surface area contributed by atoms with Gasteiger partial charge in [-0.15, -0.1) is 0 Å². The van der Waals surface area contributed by atoms with E-state index in [1.165, 1.54) is 6.92 Å². The van der Waals surface area contributed by atoms with Crippen LogP contribution in [0.5, 0.6) is 5.75 Å². The quantitative estimate of drug-likeness (QED) is 0.508. The Morgan fingerprint density at radius 3 is 2.16 bits per heavy atom. The molecular weight excluding hydrogens is 404 g/mol. The van der Waals surface area contributed by atoms with Crippen molar-refractivity contribution in [2.45, 2.75) is 71.8 Å². The van der Waals surface area contributed by atoms with E-state index >= 15 is 0 Å². The van der Waals surface area contributed by atoms with Crippen LogP contribution in [0.2, 0.25) is 0 Å². The highest BCUT2D eigenvalue weighted by Gasteiger charge is 2.34. The van der Waals surface area contributed by atoms with Crippen LogP contribution in [0.1, 0.15) is 47.1 Å². The Labute approximate surface area is 183 Å². The third kappa shape index (κ3) is 9.80. The van der Waals surface area contributed by atoms with Gasteiger partial charge in [-0.05, 0) is 45.4 Å². The Balaban J connectivity index is 2.76. The van der Waals surface area contributed by atoms with Gasteiger partial charge < -0.3 is 25.0 Å². The molecule has 0 spiro atoms. The number of carbonyl (C=O) groups is 3. The molecular formula is C22H34N2O7. The molecule has 0 fully saturated rings. The third-order valence-electron chi connectivity index (χ3n) is 4.09. The molecule has 0 radical (unpaired) electrons. The summed E-state index contributed by atoms with van der Waals surface area (Å²) in [4.78, 5) is 37.1. The number of amides is 2. The molecule has 0 saturated heterocycles. The summed E-state index contributed by atoms with van der Waals surface area (Å²) < 4.78 is 10.7. The molecule has 174 valence electrons. The lowest BCUT2D eigenvalue weighted by atomic mass is 10.1. The number of rotatable bonds is 10. The molecule has 1 aromatic rings. The van der Waals surface area contributed by atoms with E-state index in [0.717, 1.165) is 0 Å². The van der Waals surface area contributed by atoms with Crippen LogP contribution in [-0.2, 0) is 20.7 Å². The maximum atomic E-state index is 12.7. The summed E-state index contributed by atoms with van der Waals surface area (Å²) in [6.07, 6.45) is -1.85. The van der Waals surface area contributed by atoms with Crippen LogP contribution in [0.4, 0.5) is 4.79 Å². The van der Waals surface area contributed by atoms with E-state index in [9.17, 15) is 24.6 Å². The summed E-state index contributed by atoms with van der Waals surface area (Å²) in [5, 5.41) is 22.3. The van der Waals surface area contributed by atoms with Gasteiger partial charge in [0.1, 0.15) is 30.1 Å². The summed E-state index contributed by atoms with van der Waals surface area (Å²) >= 11 is 0. The first-order chi connectivity index (χ1) is 14.3. The summed E-state index contributed by atoms with van der Waals surface area (Å²) in [5.74, 6) is -1.48. The van der Waals surface area contributed by atoms with E-state index in [0.29, 0.717) is 22.8 Å². The molecule has 0 aromatic heterocycles. The molecule has 2 amide bonds. The fourth-order valence-corrected chi connectivity index (χ4v) is 2.48. The van der Waals surface area contributed by atoms with Crippen molar-refractivity contribution in [3.8, 4) is 5.75 Å². The lowest BCUT2D eigenvalue weighted by molar-refractivity contribution is -0.148. The molecule has 0 bridgehead atoms. The van der Waals surface area contributed by atoms with Crippen LogP contribution in [0.3, 0.4) is 0 Å². The summed E-state index contributed by atoms with van der Waals surface area (Å²) in [6.45, 7) is 10.6. The van der Waals surface area contributed by atoms with Gasteiger partial charge in [-0.1, -0.05) is 26.0 Å². The van der Waals surface area contributed by atoms with Gasteiger partial charge in [-0.3, -0.25) is 4.79 Å². The first-order valence-electron chi connectivity index (χ1n) is 10.2. The Morgan fingerprint density at radius 1 is 1.10 bits per heavy atom. The number of nitrogens with zero attached hydrogens (tertiary/aromatic N) is 1. The monoisotopic (exact) mass is 438 g/mol. The van der Waals surface area contributed by atoms with Crippen molar-refractivity contribution in [1.82, 2.24) is 10.2 Å². The molecule has 9 nitrogen and oxygen atoms in total. The molecule has 1 aromatic carbocycles. The second kappa shape index (κ2) is 11.7. The standard InChI is InChI=1S/C22H34N2O7/c1-14(2)23-12-17(25)13-30-18-9-7-16(8-10-18)11-19(26)24(15(3)20(27)28)21(29)31-22(4,5)6/h7-10,14-15,17,23,25H,11-13H2,1-6H3,(H,27,28)/t15-,17?/m0/s1. The number of benzene rings is 1. The van der Waals surface area contributed by atoms with E-state index in [-0.39, 0.29) is 19.1 Å². The Hall–Kier alpha value is -2.65. The Morgan fingerprint density at radius 2 is 1.68 bits per heavy atom. The SMILES string of the molecule is CC(C)NCC(O)COc1ccc(CC(=O)N(C(=O)OC(C)(C)C)[C@@H](C)C(=O)O)cc1. The van der Waals surface area contributed by atoms with Gasteiger partial charge in [0.2, 0.25) is 5.91 Å². The molecule has 31 heavy (non-hydrogen) atoms. The normalized spacial score (nSPS) is 13.4. The number of carboxylic acids is 1. The number of hydrogen-bond acceptors (Lipinski definition) is 7. The van der Waals surface area contributed by atoms with E-state index < -0.39 is 35.7 Å². The number of aliphatic hydroxyl groups excluding tert-OH is 1. The molecule has 2 atom stereocenters. The van der Waals surface area contributed by atoms with Gasteiger partial charge >= 0.3 is 12.1 Å². The van der Waals surface area contributed by atoms with Crippen molar-refractivity contribution in [1.29, 1.82) is 0 Å². The van der Waals surface area contributed by atoms with Crippen LogP contribution in [-0.4, -0.2) is 70.0 Å². The molecule has 0 heterocycles. The number of hydrogen-bond donors (Lipinski definition) is 3. The molecule has 1 unspecified atom stereocenters. The number of aliphatic hydroxyl groups is 1. The van der Waals surface area contributed by atoms with Crippen LogP contribution in [0.25, 0.3) is 0 Å². The van der Waals surface area contributed by atoms with E-state index in [4.69, 9.17) is 9.47 Å². The van der Waals surface area contributed by atoms with Crippen LogP contribution < -0.4 is 10.1 Å². The minimum Gasteiger partial charge on any atom is -0.491 e. The number of ether oxygens (including phenoxy) is 2. The summed E-state index contributed by atoms with van der Waals surface area (Å²) in [5.41, 5.74) is -0.298. The van der Waals surface area contributed by atoms with E-state index in [1.54, 1.807) is 45.0 Å². The number of carbonyl (C=O) groups excluding carboxylic acids is 2. The molecule has 0 aliphatic carbocycles. The lowest BCUT2D eigenvalue weighted by Crippen LogP contribution is -2.49. The summed E-state index contributed by atoms with van der Waals surface area (Å²) in [6, 6.07) is 5.46. The number of carboxylic acid groups (broad SMARTS) is 1. The molecule has 1 rings (SSSR count). The predicted octanol–water partition coefficient (Wildman–Crippen LogP) is 2.20. The van der Waals surface area contributed by atoms with Gasteiger partial charge in [0, 0.05) is 12.6 Å². The van der Waals surface area contributed by atoms with Gasteiger partial charge in [0.05, 0.1) is 6.42 Å². The van der Waals surface area contributed by atoms with Crippen LogP contribution in [0.15, 0.2) is 24.3 Å². The van der Waals surface area contributed by atoms with Crippen molar-refractivity contribution in [3.05, 3.63) is 29.8 Å². The predicted molar refractivity (Wildman–Crippen MR) is 115 cm³/mol. The lowest BCUT2D eigenvalue weighted by Gasteiger charge is -2.28. The smallest absolute Gasteiger partial charge is 0.417 e. The highest BCUT2D eigenvalue weighted by molar-refractivity contribution is 5.97. The van der Waals surface area contributed by atoms with Crippen molar-refractivity contribution < 1.29 is 34.1 Å². The van der Waals surface area contributed by atoms with E-state index in [2.05, 4.69) is 5.32 Å². The third-order valence-corrected chi connectivity index (χ3v) is 4.09.